The molecule has 1 amide bonds. The normalized spacial score (nSPS) is 12.4. The monoisotopic (exact) mass is 233 g/mol. The number of carbonyl (C=O) groups is 1. The van der Waals surface area contributed by atoms with Gasteiger partial charge in [-0.05, 0) is 39.0 Å². The van der Waals surface area contributed by atoms with Gasteiger partial charge in [-0.1, -0.05) is 23.8 Å². The second-order valence-electron chi connectivity index (χ2n) is 4.03. The summed E-state index contributed by atoms with van der Waals surface area (Å²) in [6, 6.07) is 7.84. The molecule has 1 aromatic carbocycles. The van der Waals surface area contributed by atoms with Crippen molar-refractivity contribution < 1.29 is 9.53 Å². The summed E-state index contributed by atoms with van der Waals surface area (Å²) in [6.07, 6.45) is 3.21. The zero-order valence-corrected chi connectivity index (χ0v) is 10.6. The zero-order valence-electron chi connectivity index (χ0n) is 10.6. The third-order valence-electron chi connectivity index (χ3n) is 2.23. The highest BCUT2D eigenvalue weighted by Crippen LogP contribution is 2.11. The predicted molar refractivity (Wildman–Crippen MR) is 69.1 cm³/mol. The number of hydrogen-bond donors (Lipinski definition) is 1. The number of allylic oxidation sites excluding steroid dienone is 1. The molecular formula is C14H19NO2. The highest BCUT2D eigenvalue weighted by molar-refractivity contribution is 5.87. The van der Waals surface area contributed by atoms with Crippen molar-refractivity contribution in [2.75, 3.05) is 6.61 Å². The van der Waals surface area contributed by atoms with Gasteiger partial charge in [0.2, 0.25) is 5.91 Å². The van der Waals surface area contributed by atoms with Crippen molar-refractivity contribution in [1.82, 2.24) is 5.32 Å². The second-order valence-corrected chi connectivity index (χ2v) is 4.03. The molecule has 3 nitrogen and oxygen atoms in total. The molecule has 0 aliphatic carbocycles. The fraction of sp³-hybridized carbons (Fsp3) is 0.357. The van der Waals surface area contributed by atoms with E-state index >= 15 is 0 Å². The fourth-order valence-electron chi connectivity index (χ4n) is 1.34. The topological polar surface area (TPSA) is 38.3 Å². The Morgan fingerprint density at radius 3 is 2.65 bits per heavy atom. The largest absolute Gasteiger partial charge is 0.491 e. The van der Waals surface area contributed by atoms with Crippen LogP contribution in [0, 0.1) is 6.92 Å². The van der Waals surface area contributed by atoms with Crippen LogP contribution in [-0.2, 0) is 4.79 Å². The minimum atomic E-state index is -0.0903. The van der Waals surface area contributed by atoms with Crippen LogP contribution in [0.2, 0.25) is 0 Å². The average molecular weight is 233 g/mol. The SMILES string of the molecule is CC=CC(=O)NC(C)COc1ccc(C)cc1. The molecule has 0 heterocycles. The standard InChI is InChI=1S/C14H19NO2/c1-4-5-14(16)15-12(3)10-17-13-8-6-11(2)7-9-13/h4-9,12H,10H2,1-3H3,(H,15,16). The Labute approximate surface area is 102 Å². The zero-order chi connectivity index (χ0) is 12.7. The smallest absolute Gasteiger partial charge is 0.243 e. The van der Waals surface area contributed by atoms with E-state index in [1.807, 2.05) is 45.0 Å². The highest BCUT2D eigenvalue weighted by atomic mass is 16.5. The Hall–Kier alpha value is -1.77. The van der Waals surface area contributed by atoms with Crippen LogP contribution >= 0.6 is 0 Å². The van der Waals surface area contributed by atoms with Gasteiger partial charge < -0.3 is 10.1 Å². The molecule has 92 valence electrons. The van der Waals surface area contributed by atoms with Crippen LogP contribution in [0.3, 0.4) is 0 Å². The number of amides is 1. The molecule has 0 aromatic heterocycles. The molecule has 0 radical (unpaired) electrons. The minimum absolute atomic E-state index is 0.0139. The lowest BCUT2D eigenvalue weighted by Crippen LogP contribution is -2.35. The van der Waals surface area contributed by atoms with E-state index in [1.165, 1.54) is 11.6 Å². The Morgan fingerprint density at radius 2 is 2.06 bits per heavy atom. The van der Waals surface area contributed by atoms with E-state index in [2.05, 4.69) is 5.32 Å². The summed E-state index contributed by atoms with van der Waals surface area (Å²) in [6.45, 7) is 6.22. The van der Waals surface area contributed by atoms with Gasteiger partial charge in [0.15, 0.2) is 0 Å². The van der Waals surface area contributed by atoms with E-state index in [1.54, 1.807) is 6.08 Å². The van der Waals surface area contributed by atoms with Gasteiger partial charge in [0, 0.05) is 0 Å². The molecule has 0 aliphatic rings. The molecule has 0 bridgehead atoms. The predicted octanol–water partition coefficient (Wildman–Crippen LogP) is 2.45. The molecule has 3 heteroatoms. The maximum atomic E-state index is 11.3. The molecule has 0 aliphatic heterocycles. The van der Waals surface area contributed by atoms with E-state index in [-0.39, 0.29) is 11.9 Å². The number of benzene rings is 1. The first-order valence-electron chi connectivity index (χ1n) is 5.74. The van der Waals surface area contributed by atoms with Gasteiger partial charge in [-0.25, -0.2) is 0 Å². The summed E-state index contributed by atoms with van der Waals surface area (Å²) in [5.74, 6) is 0.732. The van der Waals surface area contributed by atoms with Crippen molar-refractivity contribution in [2.45, 2.75) is 26.8 Å². The van der Waals surface area contributed by atoms with Gasteiger partial charge in [0.05, 0.1) is 6.04 Å². The molecule has 1 atom stereocenters. The van der Waals surface area contributed by atoms with Crippen molar-refractivity contribution in [1.29, 1.82) is 0 Å². The Morgan fingerprint density at radius 1 is 1.41 bits per heavy atom. The fourth-order valence-corrected chi connectivity index (χ4v) is 1.34. The third kappa shape index (κ3) is 5.20. The quantitative estimate of drug-likeness (QED) is 0.793. The summed E-state index contributed by atoms with van der Waals surface area (Å²) >= 11 is 0. The van der Waals surface area contributed by atoms with Crippen LogP contribution in [0.4, 0.5) is 0 Å². The second kappa shape index (κ2) is 6.74. The van der Waals surface area contributed by atoms with Gasteiger partial charge in [-0.3, -0.25) is 4.79 Å². The van der Waals surface area contributed by atoms with Crippen LogP contribution in [0.1, 0.15) is 19.4 Å². The first kappa shape index (κ1) is 13.3. The molecule has 1 N–H and O–H groups in total. The van der Waals surface area contributed by atoms with Crippen molar-refractivity contribution in [3.05, 3.63) is 42.0 Å². The summed E-state index contributed by atoms with van der Waals surface area (Å²) in [7, 11) is 0. The van der Waals surface area contributed by atoms with Gasteiger partial charge in [-0.2, -0.15) is 0 Å². The molecule has 1 rings (SSSR count). The van der Waals surface area contributed by atoms with Crippen LogP contribution in [-0.4, -0.2) is 18.6 Å². The Kier molecular flexibility index (Phi) is 5.27. The summed E-state index contributed by atoms with van der Waals surface area (Å²) in [4.78, 5) is 11.3. The molecule has 1 unspecified atom stereocenters. The average Bonchev–Trinajstić information content (AvgIpc) is 2.28. The van der Waals surface area contributed by atoms with Crippen LogP contribution in [0.25, 0.3) is 0 Å². The third-order valence-corrected chi connectivity index (χ3v) is 2.23. The van der Waals surface area contributed by atoms with E-state index in [9.17, 15) is 4.79 Å². The van der Waals surface area contributed by atoms with Crippen molar-refractivity contribution in [2.24, 2.45) is 0 Å². The minimum Gasteiger partial charge on any atom is -0.491 e. The maximum absolute atomic E-state index is 11.3. The van der Waals surface area contributed by atoms with Crippen LogP contribution in [0.5, 0.6) is 5.75 Å². The number of carbonyl (C=O) groups excluding carboxylic acids is 1. The molecule has 1 aromatic rings. The Balaban J connectivity index is 2.35. The highest BCUT2D eigenvalue weighted by Gasteiger charge is 2.05. The number of hydrogen-bond acceptors (Lipinski definition) is 2. The van der Waals surface area contributed by atoms with Gasteiger partial charge in [0.25, 0.3) is 0 Å². The van der Waals surface area contributed by atoms with Crippen molar-refractivity contribution in [3.63, 3.8) is 0 Å². The lowest BCUT2D eigenvalue weighted by molar-refractivity contribution is -0.117. The van der Waals surface area contributed by atoms with Gasteiger partial charge in [0.1, 0.15) is 12.4 Å². The van der Waals surface area contributed by atoms with Crippen molar-refractivity contribution in [3.8, 4) is 5.75 Å². The van der Waals surface area contributed by atoms with Gasteiger partial charge in [-0.15, -0.1) is 0 Å². The molecule has 17 heavy (non-hydrogen) atoms. The first-order chi connectivity index (χ1) is 8.11. The number of aryl methyl sites for hydroxylation is 1. The Bertz CT molecular complexity index is 382. The lowest BCUT2D eigenvalue weighted by Gasteiger charge is -2.14. The molecule has 0 saturated carbocycles. The van der Waals surface area contributed by atoms with Crippen LogP contribution < -0.4 is 10.1 Å². The number of rotatable bonds is 5. The van der Waals surface area contributed by atoms with E-state index in [0.717, 1.165) is 5.75 Å². The molecule has 0 spiro atoms. The van der Waals surface area contributed by atoms with Gasteiger partial charge >= 0.3 is 0 Å². The molecular weight excluding hydrogens is 214 g/mol. The number of ether oxygens (including phenoxy) is 1. The van der Waals surface area contributed by atoms with E-state index < -0.39 is 0 Å². The summed E-state index contributed by atoms with van der Waals surface area (Å²) in [5.41, 5.74) is 1.20. The lowest BCUT2D eigenvalue weighted by atomic mass is 10.2. The number of nitrogens with one attached hydrogen (secondary N) is 1. The van der Waals surface area contributed by atoms with Crippen LogP contribution in [0.15, 0.2) is 36.4 Å². The summed E-state index contributed by atoms with van der Waals surface area (Å²) in [5, 5.41) is 2.81. The van der Waals surface area contributed by atoms with Crippen molar-refractivity contribution >= 4 is 5.91 Å². The van der Waals surface area contributed by atoms with E-state index in [0.29, 0.717) is 6.61 Å². The maximum Gasteiger partial charge on any atom is 0.243 e. The molecule has 0 fully saturated rings. The summed E-state index contributed by atoms with van der Waals surface area (Å²) < 4.78 is 5.56. The molecule has 0 saturated heterocycles. The van der Waals surface area contributed by atoms with E-state index in [4.69, 9.17) is 4.74 Å². The first-order valence-corrected chi connectivity index (χ1v) is 5.74.